The smallest absolute Gasteiger partial charge is 0.416 e. The lowest BCUT2D eigenvalue weighted by Gasteiger charge is -2.12. The first-order valence-corrected chi connectivity index (χ1v) is 6.04. The molecular weight excluding hydrogens is 257 g/mol. The van der Waals surface area contributed by atoms with E-state index in [1.807, 2.05) is 6.92 Å². The lowest BCUT2D eigenvalue weighted by molar-refractivity contribution is -0.137. The summed E-state index contributed by atoms with van der Waals surface area (Å²) in [7, 11) is 0. The zero-order chi connectivity index (χ0) is 14.3. The van der Waals surface area contributed by atoms with Crippen LogP contribution in [0.15, 0.2) is 24.3 Å². The highest BCUT2D eigenvalue weighted by Crippen LogP contribution is 2.32. The van der Waals surface area contributed by atoms with Crippen molar-refractivity contribution in [2.75, 3.05) is 18.5 Å². The largest absolute Gasteiger partial charge is 0.473 e. The van der Waals surface area contributed by atoms with Crippen LogP contribution in [0.5, 0.6) is 5.88 Å². The molecule has 0 saturated carbocycles. The number of hydrogen-bond donors (Lipinski definition) is 1. The first kappa shape index (κ1) is 15.3. The first-order chi connectivity index (χ1) is 8.97. The molecule has 1 aromatic heterocycles. The molecule has 1 rings (SSSR count). The summed E-state index contributed by atoms with van der Waals surface area (Å²) in [6.45, 7) is 4.47. The van der Waals surface area contributed by atoms with Gasteiger partial charge in [-0.15, -0.1) is 0 Å². The second-order valence-corrected chi connectivity index (χ2v) is 3.88. The van der Waals surface area contributed by atoms with Crippen LogP contribution in [0.25, 0.3) is 0 Å². The summed E-state index contributed by atoms with van der Waals surface area (Å²) in [5.41, 5.74) is -0.767. The molecule has 0 bridgehead atoms. The predicted octanol–water partition coefficient (Wildman–Crippen LogP) is 3.88. The van der Waals surface area contributed by atoms with E-state index in [-0.39, 0.29) is 18.3 Å². The molecule has 0 aliphatic heterocycles. The molecular formula is C13H17F3N2O. The minimum absolute atomic E-state index is 0.0356. The molecule has 0 saturated heterocycles. The molecule has 1 aromatic rings. The molecule has 0 unspecified atom stereocenters. The van der Waals surface area contributed by atoms with Gasteiger partial charge in [0.2, 0.25) is 5.88 Å². The number of ether oxygens (including phenoxy) is 1. The van der Waals surface area contributed by atoms with E-state index < -0.39 is 11.7 Å². The summed E-state index contributed by atoms with van der Waals surface area (Å²) in [5.74, 6) is 0.138. The Morgan fingerprint density at radius 3 is 2.68 bits per heavy atom. The normalized spacial score (nSPS) is 11.8. The van der Waals surface area contributed by atoms with Gasteiger partial charge in [0.15, 0.2) is 0 Å². The zero-order valence-corrected chi connectivity index (χ0v) is 10.9. The first-order valence-electron chi connectivity index (χ1n) is 6.04. The third kappa shape index (κ3) is 5.19. The van der Waals surface area contributed by atoms with E-state index in [4.69, 9.17) is 4.74 Å². The standard InChI is InChI=1S/C13H17F3N2O/c1-3-5-7-19-12-9-10(13(14,15)16)8-11(18-12)17-6-4-2/h3,5,8-9H,4,6-7H2,1-2H3,(H,17,18)/b5-3+. The molecule has 0 atom stereocenters. The predicted molar refractivity (Wildman–Crippen MR) is 68.3 cm³/mol. The van der Waals surface area contributed by atoms with Crippen molar-refractivity contribution in [3.05, 3.63) is 29.8 Å². The van der Waals surface area contributed by atoms with E-state index in [9.17, 15) is 13.2 Å². The number of pyridine rings is 1. The van der Waals surface area contributed by atoms with Crippen molar-refractivity contribution in [1.82, 2.24) is 4.98 Å². The van der Waals surface area contributed by atoms with Gasteiger partial charge in [-0.05, 0) is 19.4 Å². The minimum atomic E-state index is -4.41. The Morgan fingerprint density at radius 1 is 1.37 bits per heavy atom. The van der Waals surface area contributed by atoms with Gasteiger partial charge in [-0.1, -0.05) is 19.1 Å². The van der Waals surface area contributed by atoms with Crippen molar-refractivity contribution in [2.45, 2.75) is 26.4 Å². The second-order valence-electron chi connectivity index (χ2n) is 3.88. The van der Waals surface area contributed by atoms with Crippen molar-refractivity contribution in [3.8, 4) is 5.88 Å². The van der Waals surface area contributed by atoms with Gasteiger partial charge in [-0.2, -0.15) is 18.2 Å². The number of nitrogens with zero attached hydrogens (tertiary/aromatic N) is 1. The van der Waals surface area contributed by atoms with Crippen LogP contribution >= 0.6 is 0 Å². The average Bonchev–Trinajstić information content (AvgIpc) is 2.35. The summed E-state index contributed by atoms with van der Waals surface area (Å²) < 4.78 is 43.4. The number of nitrogens with one attached hydrogen (secondary N) is 1. The highest BCUT2D eigenvalue weighted by atomic mass is 19.4. The van der Waals surface area contributed by atoms with Crippen molar-refractivity contribution in [1.29, 1.82) is 0 Å². The van der Waals surface area contributed by atoms with Crippen LogP contribution in [0.1, 0.15) is 25.8 Å². The molecule has 0 fully saturated rings. The molecule has 0 aliphatic rings. The number of halogens is 3. The van der Waals surface area contributed by atoms with Gasteiger partial charge in [0.25, 0.3) is 0 Å². The number of hydrogen-bond acceptors (Lipinski definition) is 3. The molecule has 1 N–H and O–H groups in total. The maximum absolute atomic E-state index is 12.7. The highest BCUT2D eigenvalue weighted by molar-refractivity contribution is 5.42. The fourth-order valence-electron chi connectivity index (χ4n) is 1.32. The Balaban J connectivity index is 2.95. The number of anilines is 1. The molecule has 6 heteroatoms. The molecule has 3 nitrogen and oxygen atoms in total. The Kier molecular flexibility index (Phi) is 5.66. The summed E-state index contributed by atoms with van der Waals surface area (Å²) in [6, 6.07) is 1.89. The molecule has 0 aromatic carbocycles. The average molecular weight is 274 g/mol. The van der Waals surface area contributed by atoms with Crippen LogP contribution in [0, 0.1) is 0 Å². The molecule has 1 heterocycles. The van der Waals surface area contributed by atoms with Crippen LogP contribution < -0.4 is 10.1 Å². The Morgan fingerprint density at radius 2 is 2.11 bits per heavy atom. The van der Waals surface area contributed by atoms with Gasteiger partial charge in [0.1, 0.15) is 12.4 Å². The summed E-state index contributed by atoms with van der Waals surface area (Å²) in [4.78, 5) is 3.99. The van der Waals surface area contributed by atoms with Crippen molar-refractivity contribution < 1.29 is 17.9 Å². The minimum Gasteiger partial charge on any atom is -0.473 e. The van der Waals surface area contributed by atoms with E-state index in [0.29, 0.717) is 6.54 Å². The summed E-state index contributed by atoms with van der Waals surface area (Å²) in [6.07, 6.45) is -0.165. The van der Waals surface area contributed by atoms with Gasteiger partial charge in [0, 0.05) is 12.6 Å². The summed E-state index contributed by atoms with van der Waals surface area (Å²) in [5, 5.41) is 2.83. The van der Waals surface area contributed by atoms with Gasteiger partial charge in [-0.3, -0.25) is 0 Å². The maximum Gasteiger partial charge on any atom is 0.416 e. The fraction of sp³-hybridized carbons (Fsp3) is 0.462. The molecule has 19 heavy (non-hydrogen) atoms. The van der Waals surface area contributed by atoms with E-state index in [1.165, 1.54) is 0 Å². The quantitative estimate of drug-likeness (QED) is 0.799. The van der Waals surface area contributed by atoms with E-state index in [2.05, 4.69) is 10.3 Å². The molecule has 0 radical (unpaired) electrons. The monoisotopic (exact) mass is 274 g/mol. The number of aromatic nitrogens is 1. The van der Waals surface area contributed by atoms with Crippen molar-refractivity contribution >= 4 is 5.82 Å². The topological polar surface area (TPSA) is 34.1 Å². The van der Waals surface area contributed by atoms with Gasteiger partial charge < -0.3 is 10.1 Å². The van der Waals surface area contributed by atoms with Crippen LogP contribution in [0.4, 0.5) is 19.0 Å². The number of rotatable bonds is 6. The Hall–Kier alpha value is -1.72. The van der Waals surface area contributed by atoms with E-state index in [0.717, 1.165) is 18.6 Å². The van der Waals surface area contributed by atoms with E-state index >= 15 is 0 Å². The molecule has 0 amide bonds. The lowest BCUT2D eigenvalue weighted by Crippen LogP contribution is -2.10. The maximum atomic E-state index is 12.7. The van der Waals surface area contributed by atoms with Crippen LogP contribution in [-0.4, -0.2) is 18.1 Å². The van der Waals surface area contributed by atoms with Gasteiger partial charge in [-0.25, -0.2) is 0 Å². The number of allylic oxidation sites excluding steroid dienone is 1. The van der Waals surface area contributed by atoms with E-state index in [1.54, 1.807) is 19.1 Å². The fourth-order valence-corrected chi connectivity index (χ4v) is 1.32. The lowest BCUT2D eigenvalue weighted by atomic mass is 10.2. The van der Waals surface area contributed by atoms with Gasteiger partial charge in [0.05, 0.1) is 5.56 Å². The summed E-state index contributed by atoms with van der Waals surface area (Å²) >= 11 is 0. The highest BCUT2D eigenvalue weighted by Gasteiger charge is 2.31. The molecule has 0 aliphatic carbocycles. The Bertz CT molecular complexity index is 430. The van der Waals surface area contributed by atoms with Crippen LogP contribution in [0.3, 0.4) is 0 Å². The van der Waals surface area contributed by atoms with Crippen LogP contribution in [-0.2, 0) is 6.18 Å². The zero-order valence-electron chi connectivity index (χ0n) is 10.9. The molecule has 0 spiro atoms. The Labute approximate surface area is 110 Å². The van der Waals surface area contributed by atoms with Crippen LogP contribution in [0.2, 0.25) is 0 Å². The van der Waals surface area contributed by atoms with Crippen molar-refractivity contribution in [2.24, 2.45) is 0 Å². The third-order valence-electron chi connectivity index (χ3n) is 2.25. The third-order valence-corrected chi connectivity index (χ3v) is 2.25. The second kappa shape index (κ2) is 7.01. The van der Waals surface area contributed by atoms with Crippen molar-refractivity contribution in [3.63, 3.8) is 0 Å². The SMILES string of the molecule is C/C=C/COc1cc(C(F)(F)F)cc(NCCC)n1. The molecule has 106 valence electrons. The number of alkyl halides is 3. The van der Waals surface area contributed by atoms with Gasteiger partial charge >= 0.3 is 6.18 Å².